The Labute approximate surface area is 351 Å². The Kier molecular flexibility index (Phi) is 8.85. The van der Waals surface area contributed by atoms with E-state index < -0.39 is 0 Å². The third-order valence-electron chi connectivity index (χ3n) is 10.9. The standard InChI is InChI=1S/C51H37ClN2O6/c1-32-24-41(51(52)42(25-32)54(39-16-18-45-49(30-39)57-22-20-55-45)40-17-19-46-50(31-40)58-23-21-56-46)53(37-12-6-10-33(26-37)47-28-35-8-2-4-14-43(35)59-47)38-13-7-11-34(27-38)48-29-36-9-3-5-15-44(36)60-48/h2-19,24-31H,20-23H2,1H3. The number of fused-ring (bicyclic) bond motifs is 4. The Hall–Kier alpha value is -7.29. The van der Waals surface area contributed by atoms with Gasteiger partial charge < -0.3 is 37.6 Å². The second kappa shape index (κ2) is 14.8. The molecule has 60 heavy (non-hydrogen) atoms. The van der Waals surface area contributed by atoms with Crippen molar-refractivity contribution in [1.29, 1.82) is 0 Å². The maximum Gasteiger partial charge on any atom is 0.163 e. The number of halogens is 1. The Bertz CT molecular complexity index is 2840. The van der Waals surface area contributed by atoms with Crippen LogP contribution in [0.1, 0.15) is 5.56 Å². The number of benzene rings is 7. The summed E-state index contributed by atoms with van der Waals surface area (Å²) in [4.78, 5) is 4.33. The number of para-hydroxylation sites is 2. The number of aryl methyl sites for hydroxylation is 1. The summed E-state index contributed by atoms with van der Waals surface area (Å²) < 4.78 is 36.8. The average molecular weight is 809 g/mol. The predicted octanol–water partition coefficient (Wildman–Crippen LogP) is 14.0. The molecule has 0 spiro atoms. The van der Waals surface area contributed by atoms with Gasteiger partial charge in [0.05, 0.1) is 27.8 Å². The first-order chi connectivity index (χ1) is 29.5. The maximum atomic E-state index is 7.84. The summed E-state index contributed by atoms with van der Waals surface area (Å²) in [5.74, 6) is 4.27. The first kappa shape index (κ1) is 35.8. The lowest BCUT2D eigenvalue weighted by atomic mass is 10.1. The molecule has 0 radical (unpaired) electrons. The lowest BCUT2D eigenvalue weighted by molar-refractivity contribution is 0.171. The maximum absolute atomic E-state index is 7.84. The number of furan rings is 2. The molecule has 0 N–H and O–H groups in total. The van der Waals surface area contributed by atoms with Gasteiger partial charge in [-0.1, -0.05) is 72.3 Å². The van der Waals surface area contributed by atoms with Gasteiger partial charge in [-0.25, -0.2) is 0 Å². The van der Waals surface area contributed by atoms with Gasteiger partial charge in [-0.3, -0.25) is 0 Å². The van der Waals surface area contributed by atoms with E-state index in [1.165, 1.54) is 0 Å². The van der Waals surface area contributed by atoms with Crippen LogP contribution in [0.2, 0.25) is 5.02 Å². The molecule has 9 heteroatoms. The van der Waals surface area contributed by atoms with Gasteiger partial charge in [-0.2, -0.15) is 0 Å². The normalized spacial score (nSPS) is 13.1. The molecule has 0 bridgehead atoms. The van der Waals surface area contributed by atoms with Gasteiger partial charge >= 0.3 is 0 Å². The van der Waals surface area contributed by atoms with Crippen LogP contribution in [0.25, 0.3) is 44.6 Å². The molecule has 9 aromatic rings. The molecule has 0 aliphatic carbocycles. The Morgan fingerprint density at radius 3 is 1.32 bits per heavy atom. The summed E-state index contributed by atoms with van der Waals surface area (Å²) in [6.45, 7) is 4.01. The number of ether oxygens (including phenoxy) is 4. The molecular formula is C51H37ClN2O6. The largest absolute Gasteiger partial charge is 0.486 e. The molecule has 2 aliphatic heterocycles. The zero-order chi connectivity index (χ0) is 40.2. The molecule has 8 nitrogen and oxygen atoms in total. The molecule has 2 aromatic heterocycles. The third-order valence-corrected chi connectivity index (χ3v) is 11.2. The van der Waals surface area contributed by atoms with E-state index in [2.05, 4.69) is 102 Å². The number of hydrogen-bond donors (Lipinski definition) is 0. The predicted molar refractivity (Wildman–Crippen MR) is 238 cm³/mol. The minimum Gasteiger partial charge on any atom is -0.486 e. The van der Waals surface area contributed by atoms with Crippen molar-refractivity contribution in [3.8, 4) is 45.6 Å². The molecule has 0 saturated carbocycles. The zero-order valence-corrected chi connectivity index (χ0v) is 33.3. The highest BCUT2D eigenvalue weighted by atomic mass is 35.5. The number of anilines is 6. The molecule has 0 amide bonds. The van der Waals surface area contributed by atoms with Crippen LogP contribution in [0.4, 0.5) is 34.1 Å². The molecule has 2 aliphatic rings. The fraction of sp³-hybridized carbons (Fsp3) is 0.0980. The van der Waals surface area contributed by atoms with Crippen molar-refractivity contribution in [2.24, 2.45) is 0 Å². The second-order valence-corrected chi connectivity index (χ2v) is 15.2. The van der Waals surface area contributed by atoms with Crippen molar-refractivity contribution < 1.29 is 27.8 Å². The minimum absolute atomic E-state index is 0.463. The van der Waals surface area contributed by atoms with E-state index in [1.807, 2.05) is 72.8 Å². The van der Waals surface area contributed by atoms with Gasteiger partial charge in [0.25, 0.3) is 0 Å². The van der Waals surface area contributed by atoms with Crippen molar-refractivity contribution in [3.63, 3.8) is 0 Å². The number of rotatable bonds is 8. The molecule has 0 atom stereocenters. The fourth-order valence-corrected chi connectivity index (χ4v) is 8.38. The smallest absolute Gasteiger partial charge is 0.163 e. The number of hydrogen-bond acceptors (Lipinski definition) is 8. The minimum atomic E-state index is 0.463. The molecule has 0 fully saturated rings. The molecule has 7 aromatic carbocycles. The highest BCUT2D eigenvalue weighted by Gasteiger charge is 2.27. The van der Waals surface area contributed by atoms with Crippen molar-refractivity contribution >= 4 is 67.7 Å². The molecule has 0 saturated heterocycles. The van der Waals surface area contributed by atoms with Crippen LogP contribution in [-0.4, -0.2) is 26.4 Å². The third kappa shape index (κ3) is 6.51. The second-order valence-electron chi connectivity index (χ2n) is 14.8. The molecule has 0 unspecified atom stereocenters. The van der Waals surface area contributed by atoms with E-state index >= 15 is 0 Å². The highest BCUT2D eigenvalue weighted by molar-refractivity contribution is 6.36. The van der Waals surface area contributed by atoms with E-state index in [9.17, 15) is 0 Å². The Morgan fingerprint density at radius 1 is 0.417 bits per heavy atom. The van der Waals surface area contributed by atoms with Crippen molar-refractivity contribution in [2.45, 2.75) is 6.92 Å². The average Bonchev–Trinajstić information content (AvgIpc) is 3.94. The van der Waals surface area contributed by atoms with E-state index in [1.54, 1.807) is 0 Å². The molecule has 294 valence electrons. The Balaban J connectivity index is 1.11. The van der Waals surface area contributed by atoms with Gasteiger partial charge in [0.15, 0.2) is 23.0 Å². The van der Waals surface area contributed by atoms with Crippen LogP contribution in [0, 0.1) is 6.92 Å². The first-order valence-electron chi connectivity index (χ1n) is 19.9. The van der Waals surface area contributed by atoms with Gasteiger partial charge in [-0.15, -0.1) is 0 Å². The summed E-state index contributed by atoms with van der Waals surface area (Å²) in [6.07, 6.45) is 0. The molecule has 4 heterocycles. The zero-order valence-electron chi connectivity index (χ0n) is 32.6. The highest BCUT2D eigenvalue weighted by Crippen LogP contribution is 2.50. The summed E-state index contributed by atoms with van der Waals surface area (Å²) >= 11 is 7.84. The quantitative estimate of drug-likeness (QED) is 0.150. The van der Waals surface area contributed by atoms with Crippen LogP contribution in [-0.2, 0) is 0 Å². The molecule has 11 rings (SSSR count). The van der Waals surface area contributed by atoms with Crippen molar-refractivity contribution in [2.75, 3.05) is 36.2 Å². The van der Waals surface area contributed by atoms with Gasteiger partial charge in [0.2, 0.25) is 0 Å². The fourth-order valence-electron chi connectivity index (χ4n) is 8.10. The Morgan fingerprint density at radius 2 is 0.850 bits per heavy atom. The van der Waals surface area contributed by atoms with Crippen LogP contribution >= 0.6 is 11.6 Å². The summed E-state index contributed by atoms with van der Waals surface area (Å²) in [6, 6.07) is 53.1. The van der Waals surface area contributed by atoms with E-state index in [4.69, 9.17) is 39.4 Å². The monoisotopic (exact) mass is 808 g/mol. The van der Waals surface area contributed by atoms with Crippen LogP contribution in [0.15, 0.2) is 167 Å². The van der Waals surface area contributed by atoms with Gasteiger partial charge in [0, 0.05) is 45.4 Å². The van der Waals surface area contributed by atoms with E-state index in [0.717, 1.165) is 84.3 Å². The lowest BCUT2D eigenvalue weighted by Gasteiger charge is -2.32. The van der Waals surface area contributed by atoms with Crippen molar-refractivity contribution in [1.82, 2.24) is 0 Å². The van der Waals surface area contributed by atoms with Crippen molar-refractivity contribution in [3.05, 3.63) is 168 Å². The van der Waals surface area contributed by atoms with Gasteiger partial charge in [0.1, 0.15) is 49.1 Å². The first-order valence-corrected chi connectivity index (χ1v) is 20.3. The van der Waals surface area contributed by atoms with E-state index in [0.29, 0.717) is 54.4 Å². The van der Waals surface area contributed by atoms with E-state index in [-0.39, 0.29) is 0 Å². The van der Waals surface area contributed by atoms with Gasteiger partial charge in [-0.05, 0) is 97.4 Å². The topological polar surface area (TPSA) is 69.7 Å². The summed E-state index contributed by atoms with van der Waals surface area (Å²) in [7, 11) is 0. The van der Waals surface area contributed by atoms with Crippen LogP contribution in [0.3, 0.4) is 0 Å². The van der Waals surface area contributed by atoms with Crippen LogP contribution in [0.5, 0.6) is 23.0 Å². The summed E-state index contributed by atoms with van der Waals surface area (Å²) in [5, 5.41) is 2.60. The summed E-state index contributed by atoms with van der Waals surface area (Å²) in [5.41, 5.74) is 9.49. The van der Waals surface area contributed by atoms with Crippen LogP contribution < -0.4 is 28.7 Å². The SMILES string of the molecule is Cc1cc(N(c2cccc(-c3cc4ccccc4o3)c2)c2cccc(-c3cc4ccccc4o3)c2)c(Cl)c(N(c2ccc3c(c2)OCCO3)c2ccc3c(c2)OCCO3)c1. The number of nitrogens with zero attached hydrogens (tertiary/aromatic N) is 2. The molecular weight excluding hydrogens is 772 g/mol. The lowest BCUT2D eigenvalue weighted by Crippen LogP contribution is -2.18.